The van der Waals surface area contributed by atoms with Gasteiger partial charge in [0.1, 0.15) is 17.6 Å². The van der Waals surface area contributed by atoms with Gasteiger partial charge in [-0.2, -0.15) is 5.26 Å². The van der Waals surface area contributed by atoms with Gasteiger partial charge in [0.05, 0.1) is 23.8 Å². The maximum Gasteiger partial charge on any atom is 0.224 e. The summed E-state index contributed by atoms with van der Waals surface area (Å²) in [5.41, 5.74) is 3.65. The van der Waals surface area contributed by atoms with E-state index >= 15 is 0 Å². The number of hydrogen-bond acceptors (Lipinski definition) is 7. The fourth-order valence-electron chi connectivity index (χ4n) is 3.73. The van der Waals surface area contributed by atoms with Crippen LogP contribution in [0.15, 0.2) is 10.6 Å². The van der Waals surface area contributed by atoms with Crippen LogP contribution in [0.5, 0.6) is 0 Å². The van der Waals surface area contributed by atoms with Crippen molar-refractivity contribution in [3.63, 3.8) is 0 Å². The van der Waals surface area contributed by atoms with Crippen molar-refractivity contribution in [2.24, 2.45) is 0 Å². The molecule has 0 aromatic carbocycles. The van der Waals surface area contributed by atoms with Crippen molar-refractivity contribution in [2.45, 2.75) is 52.7 Å². The third-order valence-electron chi connectivity index (χ3n) is 5.05. The first-order valence-corrected chi connectivity index (χ1v) is 9.31. The number of aliphatic hydroxyl groups is 1. The zero-order chi connectivity index (χ0) is 20.4. The second-order valence-corrected chi connectivity index (χ2v) is 7.43. The van der Waals surface area contributed by atoms with E-state index in [4.69, 9.17) is 4.52 Å². The summed E-state index contributed by atoms with van der Waals surface area (Å²) in [6.07, 6.45) is 0.0162. The molecule has 3 heterocycles. The van der Waals surface area contributed by atoms with E-state index in [-0.39, 0.29) is 18.4 Å². The number of carbonyl (C=O) groups excluding carboxylic acids is 1. The molecule has 2 aromatic heterocycles. The molecule has 3 rings (SSSR count). The topological polar surface area (TPSA) is 115 Å². The summed E-state index contributed by atoms with van der Waals surface area (Å²) >= 11 is 0. The number of anilines is 1. The first kappa shape index (κ1) is 19.8. The number of nitrogens with zero attached hydrogens (tertiary/aromatic N) is 4. The molecule has 8 nitrogen and oxygen atoms in total. The van der Waals surface area contributed by atoms with E-state index in [2.05, 4.69) is 21.5 Å². The Labute approximate surface area is 164 Å². The predicted molar refractivity (Wildman–Crippen MR) is 103 cm³/mol. The number of piperidine rings is 1. The van der Waals surface area contributed by atoms with E-state index in [1.165, 1.54) is 0 Å². The van der Waals surface area contributed by atoms with Crippen molar-refractivity contribution >= 4 is 11.7 Å². The predicted octanol–water partition coefficient (Wildman–Crippen LogP) is 1.47. The van der Waals surface area contributed by atoms with Crippen LogP contribution in [0.3, 0.4) is 0 Å². The van der Waals surface area contributed by atoms with Crippen molar-refractivity contribution in [1.82, 2.24) is 15.5 Å². The van der Waals surface area contributed by atoms with Gasteiger partial charge in [0, 0.05) is 30.4 Å². The summed E-state index contributed by atoms with van der Waals surface area (Å²) in [4.78, 5) is 18.9. The third-order valence-corrected chi connectivity index (χ3v) is 5.05. The molecule has 0 spiro atoms. The van der Waals surface area contributed by atoms with Crippen LogP contribution in [0.25, 0.3) is 0 Å². The van der Waals surface area contributed by atoms with Crippen LogP contribution < -0.4 is 10.2 Å². The molecule has 1 amide bonds. The minimum Gasteiger partial charge on any atom is -0.391 e. The summed E-state index contributed by atoms with van der Waals surface area (Å²) in [5, 5.41) is 26.7. The smallest absolute Gasteiger partial charge is 0.224 e. The average molecular weight is 383 g/mol. The molecule has 2 atom stereocenters. The summed E-state index contributed by atoms with van der Waals surface area (Å²) in [7, 11) is 0. The molecule has 0 saturated carbocycles. The Morgan fingerprint density at radius 2 is 2.14 bits per heavy atom. The monoisotopic (exact) mass is 383 g/mol. The molecule has 0 bridgehead atoms. The maximum absolute atomic E-state index is 12.5. The first-order valence-electron chi connectivity index (χ1n) is 9.31. The minimum atomic E-state index is -0.618. The van der Waals surface area contributed by atoms with Gasteiger partial charge in [0.25, 0.3) is 0 Å². The van der Waals surface area contributed by atoms with E-state index in [1.807, 2.05) is 24.8 Å². The Morgan fingerprint density at radius 1 is 1.39 bits per heavy atom. The lowest BCUT2D eigenvalue weighted by molar-refractivity contribution is -0.121. The SMILES string of the molecule is Cc1cc(C)c(C#N)c(N2C[C@H](O)C[C@H](NC(=O)Cc3c(C)noc3C)C2)n1. The highest BCUT2D eigenvalue weighted by atomic mass is 16.5. The second kappa shape index (κ2) is 7.98. The number of aryl methyl sites for hydroxylation is 4. The molecule has 0 aliphatic carbocycles. The van der Waals surface area contributed by atoms with Gasteiger partial charge >= 0.3 is 0 Å². The molecule has 0 unspecified atom stereocenters. The molecule has 1 fully saturated rings. The van der Waals surface area contributed by atoms with Gasteiger partial charge in [-0.15, -0.1) is 0 Å². The van der Waals surface area contributed by atoms with Gasteiger partial charge in [-0.3, -0.25) is 4.79 Å². The molecule has 1 aliphatic heterocycles. The molecule has 2 N–H and O–H groups in total. The van der Waals surface area contributed by atoms with Crippen LogP contribution >= 0.6 is 0 Å². The largest absolute Gasteiger partial charge is 0.391 e. The quantitative estimate of drug-likeness (QED) is 0.821. The van der Waals surface area contributed by atoms with E-state index < -0.39 is 6.10 Å². The van der Waals surface area contributed by atoms with Crippen LogP contribution in [-0.2, 0) is 11.2 Å². The van der Waals surface area contributed by atoms with Gasteiger partial charge in [-0.05, 0) is 45.7 Å². The highest BCUT2D eigenvalue weighted by Gasteiger charge is 2.30. The zero-order valence-corrected chi connectivity index (χ0v) is 16.6. The van der Waals surface area contributed by atoms with E-state index in [1.54, 1.807) is 13.8 Å². The number of nitriles is 1. The molecule has 1 aliphatic rings. The maximum atomic E-state index is 12.5. The number of aliphatic hydroxyl groups excluding tert-OH is 1. The standard InChI is InChI=1S/C20H25N5O3/c1-11-5-12(2)22-20(18(11)8-21)25-9-15(6-16(26)10-25)23-19(27)7-17-13(3)24-28-14(17)4/h5,15-16,26H,6-7,9-10H2,1-4H3,(H,23,27)/t15-,16+/m0/s1. The molecular formula is C20H25N5O3. The molecule has 148 valence electrons. The highest BCUT2D eigenvalue weighted by molar-refractivity contribution is 5.79. The van der Waals surface area contributed by atoms with Crippen LogP contribution in [-0.4, -0.2) is 46.4 Å². The second-order valence-electron chi connectivity index (χ2n) is 7.43. The fraction of sp³-hybridized carbons (Fsp3) is 0.500. The van der Waals surface area contributed by atoms with Crippen molar-refractivity contribution < 1.29 is 14.4 Å². The van der Waals surface area contributed by atoms with Gasteiger partial charge in [0.15, 0.2) is 0 Å². The van der Waals surface area contributed by atoms with Crippen LogP contribution in [0.2, 0.25) is 0 Å². The fourth-order valence-corrected chi connectivity index (χ4v) is 3.73. The van der Waals surface area contributed by atoms with Gasteiger partial charge in [-0.1, -0.05) is 5.16 Å². The molecule has 28 heavy (non-hydrogen) atoms. The van der Waals surface area contributed by atoms with E-state index in [0.29, 0.717) is 42.3 Å². The Bertz CT molecular complexity index is 911. The Hall–Kier alpha value is -2.92. The average Bonchev–Trinajstić information content (AvgIpc) is 2.92. The number of carbonyl (C=O) groups is 1. The Balaban J connectivity index is 1.75. The number of amides is 1. The molecular weight excluding hydrogens is 358 g/mol. The molecule has 8 heteroatoms. The van der Waals surface area contributed by atoms with Gasteiger partial charge in [-0.25, -0.2) is 4.98 Å². The van der Waals surface area contributed by atoms with Crippen molar-refractivity contribution in [2.75, 3.05) is 18.0 Å². The molecule has 0 radical (unpaired) electrons. The lowest BCUT2D eigenvalue weighted by Gasteiger charge is -2.37. The summed E-state index contributed by atoms with van der Waals surface area (Å²) in [5.74, 6) is 1.04. The number of β-amino-alcohol motifs (C(OH)–C–C–N with tert-alkyl or cyclic N) is 1. The number of pyridine rings is 1. The van der Waals surface area contributed by atoms with Crippen LogP contribution in [0.4, 0.5) is 5.82 Å². The van der Waals surface area contributed by atoms with Crippen molar-refractivity contribution in [3.8, 4) is 6.07 Å². The summed E-state index contributed by atoms with van der Waals surface area (Å²) < 4.78 is 5.11. The number of rotatable bonds is 4. The minimum absolute atomic E-state index is 0.151. The van der Waals surface area contributed by atoms with E-state index in [9.17, 15) is 15.2 Å². The normalized spacial score (nSPS) is 19.4. The highest BCUT2D eigenvalue weighted by Crippen LogP contribution is 2.25. The number of hydrogen-bond donors (Lipinski definition) is 2. The summed E-state index contributed by atoms with van der Waals surface area (Å²) in [6, 6.07) is 3.83. The first-order chi connectivity index (χ1) is 13.3. The van der Waals surface area contributed by atoms with Gasteiger partial charge < -0.3 is 19.8 Å². The lowest BCUT2D eigenvalue weighted by atomic mass is 10.0. The van der Waals surface area contributed by atoms with E-state index in [0.717, 1.165) is 16.8 Å². The number of aromatic nitrogens is 2. The molecule has 1 saturated heterocycles. The Morgan fingerprint density at radius 3 is 2.79 bits per heavy atom. The van der Waals surface area contributed by atoms with Crippen LogP contribution in [0, 0.1) is 39.0 Å². The lowest BCUT2D eigenvalue weighted by Crippen LogP contribution is -2.53. The summed E-state index contributed by atoms with van der Waals surface area (Å²) in [6.45, 7) is 8.20. The van der Waals surface area contributed by atoms with Gasteiger partial charge in [0.2, 0.25) is 5.91 Å². The van der Waals surface area contributed by atoms with Crippen molar-refractivity contribution in [3.05, 3.63) is 39.9 Å². The zero-order valence-electron chi connectivity index (χ0n) is 16.6. The third kappa shape index (κ3) is 4.15. The molecule has 2 aromatic rings. The van der Waals surface area contributed by atoms with Crippen molar-refractivity contribution in [1.29, 1.82) is 5.26 Å². The van der Waals surface area contributed by atoms with Crippen LogP contribution in [0.1, 0.15) is 40.3 Å². The Kier molecular flexibility index (Phi) is 5.66. The number of nitrogens with one attached hydrogen (secondary N) is 1.